The van der Waals surface area contributed by atoms with Crippen molar-refractivity contribution in [2.24, 2.45) is 0 Å². The number of unbranched alkanes of at least 4 members (excludes halogenated alkanes) is 6. The number of hydrogen-bond donors (Lipinski definition) is 2. The van der Waals surface area contributed by atoms with Gasteiger partial charge in [0.15, 0.2) is 0 Å². The highest BCUT2D eigenvalue weighted by Gasteiger charge is 2.10. The van der Waals surface area contributed by atoms with Gasteiger partial charge in [-0.25, -0.2) is 4.79 Å². The van der Waals surface area contributed by atoms with Crippen molar-refractivity contribution in [2.75, 3.05) is 0 Å². The maximum atomic E-state index is 10.6. The molecule has 0 saturated carbocycles. The van der Waals surface area contributed by atoms with Crippen molar-refractivity contribution < 1.29 is 9.90 Å². The summed E-state index contributed by atoms with van der Waals surface area (Å²) in [7, 11) is 2.70. The molecule has 0 radical (unpaired) electrons. The van der Waals surface area contributed by atoms with Crippen LogP contribution in [0.3, 0.4) is 0 Å². The van der Waals surface area contributed by atoms with Crippen molar-refractivity contribution in [1.82, 2.24) is 4.72 Å². The Morgan fingerprint density at radius 3 is 2.29 bits per heavy atom. The molecular weight excluding hydrogens is 338 g/mol. The molecule has 0 fully saturated rings. The standard InChI is InChI=1S/C19H31NO2S2/c1-3-5-7-9-12-16-13-11-15-18(23-24-20-19(21)22)17(16)14-10-8-6-4-2/h11,13,15,20H,3-10,12,14H2,1-2H3,(H,21,22). The fourth-order valence-electron chi connectivity index (χ4n) is 2.78. The molecule has 1 rings (SSSR count). The molecule has 1 amide bonds. The lowest BCUT2D eigenvalue weighted by Crippen LogP contribution is -2.09. The van der Waals surface area contributed by atoms with Gasteiger partial charge in [-0.05, 0) is 53.7 Å². The molecule has 0 saturated heterocycles. The number of benzene rings is 1. The van der Waals surface area contributed by atoms with Crippen LogP contribution in [0.2, 0.25) is 0 Å². The third kappa shape index (κ3) is 8.88. The van der Waals surface area contributed by atoms with Crippen molar-refractivity contribution in [3.63, 3.8) is 0 Å². The van der Waals surface area contributed by atoms with Crippen molar-refractivity contribution >= 4 is 27.9 Å². The van der Waals surface area contributed by atoms with Gasteiger partial charge in [0.2, 0.25) is 0 Å². The number of carbonyl (C=O) groups is 1. The molecule has 0 bridgehead atoms. The van der Waals surface area contributed by atoms with Crippen LogP contribution < -0.4 is 4.72 Å². The Hall–Kier alpha value is -0.810. The molecule has 0 spiro atoms. The van der Waals surface area contributed by atoms with Gasteiger partial charge >= 0.3 is 6.09 Å². The van der Waals surface area contributed by atoms with Crippen molar-refractivity contribution in [1.29, 1.82) is 0 Å². The van der Waals surface area contributed by atoms with E-state index in [1.807, 2.05) is 0 Å². The van der Waals surface area contributed by atoms with Crippen molar-refractivity contribution in [3.8, 4) is 0 Å². The molecule has 1 aromatic carbocycles. The molecule has 0 aliphatic rings. The minimum absolute atomic E-state index is 0.993. The maximum Gasteiger partial charge on any atom is 0.415 e. The van der Waals surface area contributed by atoms with Crippen LogP contribution in [-0.4, -0.2) is 11.2 Å². The van der Waals surface area contributed by atoms with E-state index in [1.54, 1.807) is 0 Å². The summed E-state index contributed by atoms with van der Waals surface area (Å²) in [5, 5.41) is 8.74. The first kappa shape index (κ1) is 21.2. The molecule has 2 N–H and O–H groups in total. The summed E-state index contributed by atoms with van der Waals surface area (Å²) in [5.74, 6) is 0. The second kappa shape index (κ2) is 13.5. The van der Waals surface area contributed by atoms with E-state index in [1.165, 1.54) is 89.2 Å². The molecule has 1 aromatic rings. The molecule has 3 nitrogen and oxygen atoms in total. The van der Waals surface area contributed by atoms with Crippen molar-refractivity contribution in [3.05, 3.63) is 29.3 Å². The average Bonchev–Trinajstić information content (AvgIpc) is 2.56. The first-order valence-electron chi connectivity index (χ1n) is 9.12. The molecule has 0 heterocycles. The van der Waals surface area contributed by atoms with E-state index in [9.17, 15) is 4.79 Å². The van der Waals surface area contributed by atoms with Crippen LogP contribution in [0.4, 0.5) is 4.79 Å². The third-order valence-electron chi connectivity index (χ3n) is 4.07. The van der Waals surface area contributed by atoms with Crippen LogP contribution in [0.5, 0.6) is 0 Å². The lowest BCUT2D eigenvalue weighted by atomic mass is 9.96. The summed E-state index contributed by atoms with van der Waals surface area (Å²) in [4.78, 5) is 11.8. The Morgan fingerprint density at radius 1 is 1.00 bits per heavy atom. The molecule has 136 valence electrons. The predicted molar refractivity (Wildman–Crippen MR) is 107 cm³/mol. The zero-order chi connectivity index (χ0) is 17.6. The summed E-state index contributed by atoms with van der Waals surface area (Å²) in [6.07, 6.45) is 11.4. The zero-order valence-electron chi connectivity index (χ0n) is 15.0. The first-order valence-corrected chi connectivity index (χ1v) is 11.3. The van der Waals surface area contributed by atoms with Gasteiger partial charge in [0.1, 0.15) is 0 Å². The number of amides is 1. The summed E-state index contributed by atoms with van der Waals surface area (Å²) in [5.41, 5.74) is 2.87. The smallest absolute Gasteiger partial charge is 0.415 e. The van der Waals surface area contributed by atoms with Gasteiger partial charge < -0.3 is 5.11 Å². The minimum Gasteiger partial charge on any atom is -0.464 e. The summed E-state index contributed by atoms with van der Waals surface area (Å²) in [6, 6.07) is 6.47. The molecule has 0 aliphatic carbocycles. The summed E-state index contributed by atoms with van der Waals surface area (Å²) >= 11 is 0. The van der Waals surface area contributed by atoms with E-state index in [0.29, 0.717) is 0 Å². The molecule has 0 aromatic heterocycles. The maximum absolute atomic E-state index is 10.6. The summed E-state index contributed by atoms with van der Waals surface area (Å²) < 4.78 is 2.37. The first-order chi connectivity index (χ1) is 11.7. The van der Waals surface area contributed by atoms with Crippen LogP contribution in [0.1, 0.15) is 76.3 Å². The van der Waals surface area contributed by atoms with Gasteiger partial charge in [0, 0.05) is 15.9 Å². The second-order valence-electron chi connectivity index (χ2n) is 6.09. The fraction of sp³-hybridized carbons (Fsp3) is 0.632. The zero-order valence-corrected chi connectivity index (χ0v) is 16.6. The highest BCUT2D eigenvalue weighted by molar-refractivity contribution is 8.76. The normalized spacial score (nSPS) is 10.8. The lowest BCUT2D eigenvalue weighted by Gasteiger charge is -2.14. The molecule has 5 heteroatoms. The van der Waals surface area contributed by atoms with Gasteiger partial charge in [-0.3, -0.25) is 4.72 Å². The number of carboxylic acid groups (broad SMARTS) is 1. The number of hydrogen-bond acceptors (Lipinski definition) is 3. The van der Waals surface area contributed by atoms with E-state index in [2.05, 4.69) is 36.8 Å². The Labute approximate surface area is 154 Å². The number of aryl methyl sites for hydroxylation is 1. The quantitative estimate of drug-likeness (QED) is 0.227. The van der Waals surface area contributed by atoms with Crippen LogP contribution in [0, 0.1) is 0 Å². The predicted octanol–water partition coefficient (Wildman–Crippen LogP) is 6.86. The second-order valence-corrected chi connectivity index (χ2v) is 8.07. The third-order valence-corrected chi connectivity index (χ3v) is 6.01. The largest absolute Gasteiger partial charge is 0.464 e. The average molecular weight is 370 g/mol. The summed E-state index contributed by atoms with van der Waals surface area (Å²) in [6.45, 7) is 4.47. The highest BCUT2D eigenvalue weighted by Crippen LogP contribution is 2.34. The van der Waals surface area contributed by atoms with E-state index < -0.39 is 6.09 Å². The minimum atomic E-state index is -0.993. The molecule has 0 unspecified atom stereocenters. The SMILES string of the molecule is CCCCCCc1cccc(SSNC(=O)O)c1CCCCCC. The lowest BCUT2D eigenvalue weighted by molar-refractivity contribution is 0.202. The van der Waals surface area contributed by atoms with Gasteiger partial charge in [0.25, 0.3) is 0 Å². The fourth-order valence-corrected chi connectivity index (χ4v) is 4.53. The molecule has 0 aliphatic heterocycles. The topological polar surface area (TPSA) is 49.3 Å². The Balaban J connectivity index is 2.72. The van der Waals surface area contributed by atoms with Gasteiger partial charge in [0.05, 0.1) is 0 Å². The van der Waals surface area contributed by atoms with Crippen LogP contribution in [0.15, 0.2) is 23.1 Å². The number of nitrogens with one attached hydrogen (secondary N) is 1. The van der Waals surface area contributed by atoms with Crippen LogP contribution >= 0.6 is 21.8 Å². The van der Waals surface area contributed by atoms with Crippen LogP contribution in [-0.2, 0) is 12.8 Å². The van der Waals surface area contributed by atoms with Gasteiger partial charge in [-0.15, -0.1) is 0 Å². The van der Waals surface area contributed by atoms with E-state index in [4.69, 9.17) is 5.11 Å². The van der Waals surface area contributed by atoms with Crippen molar-refractivity contribution in [2.45, 2.75) is 83.0 Å². The molecular formula is C19H31NO2S2. The van der Waals surface area contributed by atoms with Gasteiger partial charge in [-0.1, -0.05) is 64.5 Å². The Kier molecular flexibility index (Phi) is 11.9. The Bertz CT molecular complexity index is 480. The highest BCUT2D eigenvalue weighted by atomic mass is 33.1. The monoisotopic (exact) mass is 369 g/mol. The molecule has 24 heavy (non-hydrogen) atoms. The van der Waals surface area contributed by atoms with E-state index in [0.717, 1.165) is 12.8 Å². The Morgan fingerprint density at radius 2 is 1.67 bits per heavy atom. The number of rotatable bonds is 13. The van der Waals surface area contributed by atoms with E-state index in [-0.39, 0.29) is 0 Å². The van der Waals surface area contributed by atoms with Gasteiger partial charge in [-0.2, -0.15) is 0 Å². The molecule has 0 atom stereocenters. The van der Waals surface area contributed by atoms with Crippen LogP contribution in [0.25, 0.3) is 0 Å². The van der Waals surface area contributed by atoms with E-state index >= 15 is 0 Å².